The highest BCUT2D eigenvalue weighted by Crippen LogP contribution is 2.23. The summed E-state index contributed by atoms with van der Waals surface area (Å²) in [6.07, 6.45) is 0.774. The zero-order valence-electron chi connectivity index (χ0n) is 10.4. The van der Waals surface area contributed by atoms with Gasteiger partial charge in [0, 0.05) is 5.69 Å². The normalized spacial score (nSPS) is 10.8. The Kier molecular flexibility index (Phi) is 4.63. The minimum atomic E-state index is 0.148. The number of nitrogens with one attached hydrogen (secondary N) is 2. The van der Waals surface area contributed by atoms with Crippen LogP contribution in [0.25, 0.3) is 0 Å². The maximum absolute atomic E-state index is 10.2. The Labute approximate surface area is 108 Å². The topological polar surface area (TPSA) is 41.1 Å². The Balaban J connectivity index is 2.62. The van der Waals surface area contributed by atoms with E-state index in [9.17, 15) is 4.79 Å². The van der Waals surface area contributed by atoms with Gasteiger partial charge in [0.25, 0.3) is 0 Å². The van der Waals surface area contributed by atoms with Crippen molar-refractivity contribution >= 4 is 29.3 Å². The number of carbonyl (C=O) groups is 1. The second-order valence-corrected chi connectivity index (χ2v) is 5.24. The van der Waals surface area contributed by atoms with Crippen LogP contribution >= 0.6 is 12.2 Å². The van der Waals surface area contributed by atoms with Gasteiger partial charge in [0.05, 0.1) is 6.54 Å². The van der Waals surface area contributed by atoms with Crippen molar-refractivity contribution in [3.63, 3.8) is 0 Å². The highest BCUT2D eigenvalue weighted by Gasteiger charge is 2.12. The Morgan fingerprint density at radius 3 is 2.35 bits per heavy atom. The molecule has 0 aliphatic carbocycles. The van der Waals surface area contributed by atoms with Gasteiger partial charge in [0.2, 0.25) is 0 Å². The number of benzene rings is 1. The van der Waals surface area contributed by atoms with E-state index in [1.165, 1.54) is 5.56 Å². The fourth-order valence-corrected chi connectivity index (χ4v) is 1.56. The minimum absolute atomic E-state index is 0.148. The molecule has 0 atom stereocenters. The summed E-state index contributed by atoms with van der Waals surface area (Å²) in [5.74, 6) is 0. The average molecular weight is 250 g/mol. The number of aldehydes is 1. The highest BCUT2D eigenvalue weighted by molar-refractivity contribution is 7.80. The quantitative estimate of drug-likeness (QED) is 0.639. The largest absolute Gasteiger partial charge is 0.356 e. The zero-order valence-corrected chi connectivity index (χ0v) is 11.2. The van der Waals surface area contributed by atoms with Crippen molar-refractivity contribution in [2.24, 2.45) is 0 Å². The Bertz CT molecular complexity index is 393. The van der Waals surface area contributed by atoms with E-state index in [1.54, 1.807) is 0 Å². The highest BCUT2D eigenvalue weighted by atomic mass is 32.1. The van der Waals surface area contributed by atoms with Gasteiger partial charge in [-0.1, -0.05) is 32.9 Å². The number of hydrogen-bond donors (Lipinski definition) is 2. The smallest absolute Gasteiger partial charge is 0.171 e. The molecule has 1 aromatic carbocycles. The van der Waals surface area contributed by atoms with Gasteiger partial charge in [-0.05, 0) is 35.3 Å². The van der Waals surface area contributed by atoms with E-state index in [0.29, 0.717) is 5.11 Å². The van der Waals surface area contributed by atoms with E-state index in [0.717, 1.165) is 12.0 Å². The predicted molar refractivity (Wildman–Crippen MR) is 75.4 cm³/mol. The fourth-order valence-electron chi connectivity index (χ4n) is 1.36. The summed E-state index contributed by atoms with van der Waals surface area (Å²) in [5.41, 5.74) is 2.34. The standard InChI is InChI=1S/C13H18N2OS/c1-13(2,3)10-4-6-11(7-5-10)15-12(17)14-8-9-16/h4-7,9H,8H2,1-3H3,(H2,14,15,17). The van der Waals surface area contributed by atoms with Crippen LogP contribution in [0.15, 0.2) is 24.3 Å². The maximum Gasteiger partial charge on any atom is 0.171 e. The first-order valence-corrected chi connectivity index (χ1v) is 5.93. The zero-order chi connectivity index (χ0) is 12.9. The van der Waals surface area contributed by atoms with Gasteiger partial charge in [0.15, 0.2) is 5.11 Å². The summed E-state index contributed by atoms with van der Waals surface area (Å²) in [4.78, 5) is 10.2. The molecule has 4 heteroatoms. The monoisotopic (exact) mass is 250 g/mol. The van der Waals surface area contributed by atoms with Crippen LogP contribution in [0.3, 0.4) is 0 Å². The predicted octanol–water partition coefficient (Wildman–Crippen LogP) is 2.47. The van der Waals surface area contributed by atoms with Crippen LogP contribution in [0.5, 0.6) is 0 Å². The van der Waals surface area contributed by atoms with Crippen LogP contribution in [0.4, 0.5) is 5.69 Å². The number of hydrogen-bond acceptors (Lipinski definition) is 2. The summed E-state index contributed by atoms with van der Waals surface area (Å²) >= 11 is 5.03. The summed E-state index contributed by atoms with van der Waals surface area (Å²) in [6.45, 7) is 6.75. The first-order valence-electron chi connectivity index (χ1n) is 5.52. The lowest BCUT2D eigenvalue weighted by Crippen LogP contribution is -2.29. The van der Waals surface area contributed by atoms with Crippen LogP contribution in [0.1, 0.15) is 26.3 Å². The van der Waals surface area contributed by atoms with E-state index in [-0.39, 0.29) is 12.0 Å². The van der Waals surface area contributed by atoms with E-state index in [2.05, 4.69) is 43.5 Å². The second-order valence-electron chi connectivity index (χ2n) is 4.83. The van der Waals surface area contributed by atoms with Crippen molar-refractivity contribution in [2.45, 2.75) is 26.2 Å². The third-order valence-electron chi connectivity index (χ3n) is 2.35. The molecule has 0 fully saturated rings. The van der Waals surface area contributed by atoms with Gasteiger partial charge in [-0.2, -0.15) is 0 Å². The lowest BCUT2D eigenvalue weighted by Gasteiger charge is -2.19. The van der Waals surface area contributed by atoms with E-state index in [1.807, 2.05) is 12.1 Å². The molecule has 0 bridgehead atoms. The molecule has 0 spiro atoms. The molecule has 92 valence electrons. The van der Waals surface area contributed by atoms with Crippen molar-refractivity contribution in [2.75, 3.05) is 11.9 Å². The fraction of sp³-hybridized carbons (Fsp3) is 0.385. The van der Waals surface area contributed by atoms with Crippen LogP contribution < -0.4 is 10.6 Å². The molecule has 0 saturated heterocycles. The molecule has 1 aromatic rings. The van der Waals surface area contributed by atoms with Crippen LogP contribution in [-0.4, -0.2) is 17.9 Å². The summed E-state index contributed by atoms with van der Waals surface area (Å²) in [7, 11) is 0. The lowest BCUT2D eigenvalue weighted by molar-refractivity contribution is -0.106. The summed E-state index contributed by atoms with van der Waals surface area (Å²) in [6, 6.07) is 8.11. The molecule has 1 rings (SSSR count). The molecule has 17 heavy (non-hydrogen) atoms. The third-order valence-corrected chi connectivity index (χ3v) is 2.60. The van der Waals surface area contributed by atoms with Gasteiger partial charge in [-0.25, -0.2) is 0 Å². The molecule has 0 saturated carbocycles. The number of rotatable bonds is 3. The van der Waals surface area contributed by atoms with E-state index < -0.39 is 0 Å². The van der Waals surface area contributed by atoms with Crippen LogP contribution in [0.2, 0.25) is 0 Å². The Morgan fingerprint density at radius 1 is 1.29 bits per heavy atom. The Hall–Kier alpha value is -1.42. The summed E-state index contributed by atoms with van der Waals surface area (Å²) in [5, 5.41) is 6.25. The molecule has 0 aliphatic heterocycles. The number of thiocarbonyl (C=S) groups is 1. The number of anilines is 1. The Morgan fingerprint density at radius 2 is 1.88 bits per heavy atom. The second kappa shape index (κ2) is 5.77. The van der Waals surface area contributed by atoms with Crippen LogP contribution in [0, 0.1) is 0 Å². The molecular formula is C13H18N2OS. The molecule has 3 nitrogen and oxygen atoms in total. The molecule has 0 aromatic heterocycles. The lowest BCUT2D eigenvalue weighted by atomic mass is 9.87. The molecule has 0 amide bonds. The van der Waals surface area contributed by atoms with Gasteiger partial charge in [-0.3, -0.25) is 0 Å². The SMILES string of the molecule is CC(C)(C)c1ccc(NC(=S)NCC=O)cc1. The first kappa shape index (κ1) is 13.6. The third kappa shape index (κ3) is 4.53. The van der Waals surface area contributed by atoms with Crippen molar-refractivity contribution < 1.29 is 4.79 Å². The van der Waals surface area contributed by atoms with Crippen molar-refractivity contribution in [3.8, 4) is 0 Å². The van der Waals surface area contributed by atoms with Gasteiger partial charge >= 0.3 is 0 Å². The van der Waals surface area contributed by atoms with Gasteiger partial charge in [0.1, 0.15) is 6.29 Å². The average Bonchev–Trinajstić information content (AvgIpc) is 2.26. The van der Waals surface area contributed by atoms with Crippen molar-refractivity contribution in [1.82, 2.24) is 5.32 Å². The molecule has 0 aliphatic rings. The molecular weight excluding hydrogens is 232 g/mol. The van der Waals surface area contributed by atoms with E-state index in [4.69, 9.17) is 12.2 Å². The van der Waals surface area contributed by atoms with Crippen molar-refractivity contribution in [3.05, 3.63) is 29.8 Å². The summed E-state index contributed by atoms with van der Waals surface area (Å²) < 4.78 is 0. The van der Waals surface area contributed by atoms with E-state index >= 15 is 0 Å². The van der Waals surface area contributed by atoms with Gasteiger partial charge < -0.3 is 15.4 Å². The minimum Gasteiger partial charge on any atom is -0.356 e. The molecule has 0 heterocycles. The van der Waals surface area contributed by atoms with Crippen LogP contribution in [-0.2, 0) is 10.2 Å². The molecule has 0 radical (unpaired) electrons. The maximum atomic E-state index is 10.2. The van der Waals surface area contributed by atoms with Gasteiger partial charge in [-0.15, -0.1) is 0 Å². The molecule has 0 unspecified atom stereocenters. The first-order chi connectivity index (χ1) is 7.93. The number of carbonyl (C=O) groups excluding carboxylic acids is 1. The molecule has 2 N–H and O–H groups in total. The van der Waals surface area contributed by atoms with Crippen molar-refractivity contribution in [1.29, 1.82) is 0 Å².